The van der Waals surface area contributed by atoms with Gasteiger partial charge in [-0.1, -0.05) is 36.6 Å². The van der Waals surface area contributed by atoms with E-state index in [1.165, 1.54) is 42.4 Å². The van der Waals surface area contributed by atoms with Crippen molar-refractivity contribution in [1.82, 2.24) is 0 Å². The van der Waals surface area contributed by atoms with Crippen molar-refractivity contribution in [2.45, 2.75) is 57.2 Å². The van der Waals surface area contributed by atoms with Crippen LogP contribution in [0, 0.1) is 13.8 Å². The van der Waals surface area contributed by atoms with Gasteiger partial charge in [0.25, 0.3) is 0 Å². The average Bonchev–Trinajstić information content (AvgIpc) is 2.46. The van der Waals surface area contributed by atoms with Crippen LogP contribution in [0.25, 0.3) is 0 Å². The molecule has 1 heteroatoms. The fourth-order valence-corrected chi connectivity index (χ4v) is 3.15. The minimum Gasteiger partial charge on any atom is -0.123 e. The molecule has 88 valence electrons. The molecule has 0 heterocycles. The van der Waals surface area contributed by atoms with E-state index in [4.69, 9.17) is 11.6 Å². The van der Waals surface area contributed by atoms with E-state index in [1.807, 2.05) is 0 Å². The molecule has 0 saturated heterocycles. The number of hydrogen-bond donors (Lipinski definition) is 0. The quantitative estimate of drug-likeness (QED) is 0.478. The van der Waals surface area contributed by atoms with Crippen molar-refractivity contribution in [2.24, 2.45) is 0 Å². The van der Waals surface area contributed by atoms with Gasteiger partial charge in [0, 0.05) is 5.38 Å². The smallest absolute Gasteiger partial charge is 0.0341 e. The van der Waals surface area contributed by atoms with Gasteiger partial charge in [0.2, 0.25) is 0 Å². The molecule has 0 nitrogen and oxygen atoms in total. The highest BCUT2D eigenvalue weighted by Crippen LogP contribution is 2.35. The van der Waals surface area contributed by atoms with Gasteiger partial charge in [-0.15, -0.1) is 11.6 Å². The normalized spacial score (nSPS) is 26.4. The minimum absolute atomic E-state index is 0.382. The summed E-state index contributed by atoms with van der Waals surface area (Å²) in [5.41, 5.74) is 4.34. The zero-order chi connectivity index (χ0) is 11.5. The molecular weight excluding hydrogens is 216 g/mol. The molecule has 1 saturated carbocycles. The van der Waals surface area contributed by atoms with Gasteiger partial charge in [0.05, 0.1) is 0 Å². The first kappa shape index (κ1) is 12.0. The maximum Gasteiger partial charge on any atom is 0.0341 e. The topological polar surface area (TPSA) is 0 Å². The average molecular weight is 237 g/mol. The molecule has 0 spiro atoms. The monoisotopic (exact) mass is 236 g/mol. The molecule has 2 atom stereocenters. The first-order valence-electron chi connectivity index (χ1n) is 6.38. The second kappa shape index (κ2) is 5.23. The summed E-state index contributed by atoms with van der Waals surface area (Å²) in [5, 5.41) is 0.382. The molecule has 0 N–H and O–H groups in total. The lowest BCUT2D eigenvalue weighted by molar-refractivity contribution is 0.592. The van der Waals surface area contributed by atoms with E-state index >= 15 is 0 Å². The summed E-state index contributed by atoms with van der Waals surface area (Å²) in [6.45, 7) is 4.40. The van der Waals surface area contributed by atoms with E-state index in [0.717, 1.165) is 6.42 Å². The zero-order valence-electron chi connectivity index (χ0n) is 10.3. The van der Waals surface area contributed by atoms with E-state index < -0.39 is 0 Å². The number of benzene rings is 1. The van der Waals surface area contributed by atoms with Crippen LogP contribution in [0.15, 0.2) is 18.2 Å². The Morgan fingerprint density at radius 1 is 1.12 bits per heavy atom. The van der Waals surface area contributed by atoms with Crippen LogP contribution in [0.4, 0.5) is 0 Å². The highest BCUT2D eigenvalue weighted by molar-refractivity contribution is 6.20. The van der Waals surface area contributed by atoms with Crippen molar-refractivity contribution in [3.05, 3.63) is 34.9 Å². The fourth-order valence-electron chi connectivity index (χ4n) is 2.78. The van der Waals surface area contributed by atoms with Crippen molar-refractivity contribution < 1.29 is 0 Å². The standard InChI is InChI=1S/C15H21Cl/c1-11-7-8-12(2)15(9-11)13-5-3-4-6-14(16)10-13/h7-9,13-14H,3-6,10H2,1-2H3. The Kier molecular flexibility index (Phi) is 3.91. The molecular formula is C15H21Cl. The van der Waals surface area contributed by atoms with Gasteiger partial charge < -0.3 is 0 Å². The van der Waals surface area contributed by atoms with Crippen LogP contribution in [-0.2, 0) is 0 Å². The molecule has 1 aliphatic rings. The van der Waals surface area contributed by atoms with Crippen molar-refractivity contribution in [3.63, 3.8) is 0 Å². The Hall–Kier alpha value is -0.490. The molecule has 2 rings (SSSR count). The second-order valence-corrected chi connectivity index (χ2v) is 5.79. The molecule has 1 fully saturated rings. The fraction of sp³-hybridized carbons (Fsp3) is 0.600. The lowest BCUT2D eigenvalue weighted by Gasteiger charge is -2.19. The van der Waals surface area contributed by atoms with Crippen molar-refractivity contribution >= 4 is 11.6 Å². The number of hydrogen-bond acceptors (Lipinski definition) is 0. The molecule has 0 aromatic heterocycles. The molecule has 2 unspecified atom stereocenters. The van der Waals surface area contributed by atoms with E-state index in [9.17, 15) is 0 Å². The van der Waals surface area contributed by atoms with Gasteiger partial charge in [-0.05, 0) is 50.2 Å². The number of rotatable bonds is 1. The number of halogens is 1. The minimum atomic E-state index is 0.382. The van der Waals surface area contributed by atoms with Gasteiger partial charge in [-0.25, -0.2) is 0 Å². The molecule has 1 aliphatic carbocycles. The van der Waals surface area contributed by atoms with Crippen molar-refractivity contribution in [2.75, 3.05) is 0 Å². The summed E-state index contributed by atoms with van der Waals surface area (Å²) in [7, 11) is 0. The van der Waals surface area contributed by atoms with Gasteiger partial charge >= 0.3 is 0 Å². The largest absolute Gasteiger partial charge is 0.123 e. The van der Waals surface area contributed by atoms with E-state index in [2.05, 4.69) is 32.0 Å². The molecule has 16 heavy (non-hydrogen) atoms. The van der Waals surface area contributed by atoms with Gasteiger partial charge in [0.15, 0.2) is 0 Å². The lowest BCUT2D eigenvalue weighted by Crippen LogP contribution is -2.06. The van der Waals surface area contributed by atoms with Crippen LogP contribution in [-0.4, -0.2) is 5.38 Å². The third kappa shape index (κ3) is 2.79. The third-order valence-electron chi connectivity index (χ3n) is 3.73. The van der Waals surface area contributed by atoms with Crippen LogP contribution in [0.5, 0.6) is 0 Å². The molecule has 1 aromatic carbocycles. The molecule has 0 aliphatic heterocycles. The van der Waals surface area contributed by atoms with E-state index in [1.54, 1.807) is 0 Å². The van der Waals surface area contributed by atoms with Gasteiger partial charge in [-0.2, -0.15) is 0 Å². The third-order valence-corrected chi connectivity index (χ3v) is 4.13. The van der Waals surface area contributed by atoms with Gasteiger partial charge in [-0.3, -0.25) is 0 Å². The lowest BCUT2D eigenvalue weighted by atomic mass is 9.88. The van der Waals surface area contributed by atoms with Crippen molar-refractivity contribution in [1.29, 1.82) is 0 Å². The summed E-state index contributed by atoms with van der Waals surface area (Å²) < 4.78 is 0. The Morgan fingerprint density at radius 3 is 2.69 bits per heavy atom. The predicted molar refractivity (Wildman–Crippen MR) is 71.4 cm³/mol. The van der Waals surface area contributed by atoms with Crippen LogP contribution < -0.4 is 0 Å². The molecule has 0 bridgehead atoms. The van der Waals surface area contributed by atoms with E-state index in [0.29, 0.717) is 11.3 Å². The summed E-state index contributed by atoms with van der Waals surface area (Å²) >= 11 is 6.36. The maximum atomic E-state index is 6.36. The molecule has 0 radical (unpaired) electrons. The van der Waals surface area contributed by atoms with Crippen molar-refractivity contribution in [3.8, 4) is 0 Å². The summed E-state index contributed by atoms with van der Waals surface area (Å²) in [6, 6.07) is 6.81. The Labute approximate surface area is 104 Å². The first-order chi connectivity index (χ1) is 7.66. The highest BCUT2D eigenvalue weighted by Gasteiger charge is 2.21. The Balaban J connectivity index is 2.24. The number of aryl methyl sites for hydroxylation is 2. The highest BCUT2D eigenvalue weighted by atomic mass is 35.5. The summed E-state index contributed by atoms with van der Waals surface area (Å²) in [6.07, 6.45) is 6.30. The number of alkyl halides is 1. The SMILES string of the molecule is Cc1ccc(C)c(C2CCCCC(Cl)C2)c1. The zero-order valence-corrected chi connectivity index (χ0v) is 11.1. The Bertz CT molecular complexity index is 356. The molecule has 0 amide bonds. The van der Waals surface area contributed by atoms with E-state index in [-0.39, 0.29) is 0 Å². The predicted octanol–water partition coefficient (Wildman–Crippen LogP) is 4.96. The summed E-state index contributed by atoms with van der Waals surface area (Å²) in [5.74, 6) is 0.685. The second-order valence-electron chi connectivity index (χ2n) is 5.17. The first-order valence-corrected chi connectivity index (χ1v) is 6.81. The van der Waals surface area contributed by atoms with Crippen LogP contribution in [0.3, 0.4) is 0 Å². The van der Waals surface area contributed by atoms with Crippen LogP contribution in [0.1, 0.15) is 54.7 Å². The molecule has 1 aromatic rings. The van der Waals surface area contributed by atoms with Crippen LogP contribution in [0.2, 0.25) is 0 Å². The van der Waals surface area contributed by atoms with Gasteiger partial charge in [0.1, 0.15) is 0 Å². The summed E-state index contributed by atoms with van der Waals surface area (Å²) in [4.78, 5) is 0. The Morgan fingerprint density at radius 2 is 1.88 bits per heavy atom. The maximum absolute atomic E-state index is 6.36. The van der Waals surface area contributed by atoms with Crippen LogP contribution >= 0.6 is 11.6 Å².